The number of aliphatic hydroxyl groups is 1. The first-order valence-corrected chi connectivity index (χ1v) is 5.79. The average molecular weight is 215 g/mol. The van der Waals surface area contributed by atoms with E-state index in [1.165, 1.54) is 0 Å². The number of aliphatic hydroxyl groups excluding tert-OH is 1. The smallest absolute Gasteiger partial charge is 0.304 e. The summed E-state index contributed by atoms with van der Waals surface area (Å²) in [6, 6.07) is 0. The fraction of sp³-hybridized carbons (Fsp3) is 0.909. The van der Waals surface area contributed by atoms with Gasteiger partial charge in [0.25, 0.3) is 0 Å². The monoisotopic (exact) mass is 215 g/mol. The molecular formula is C11H21NO3. The Labute approximate surface area is 90.7 Å². The molecule has 15 heavy (non-hydrogen) atoms. The van der Waals surface area contributed by atoms with Gasteiger partial charge in [-0.2, -0.15) is 0 Å². The Morgan fingerprint density at radius 3 is 2.47 bits per heavy atom. The van der Waals surface area contributed by atoms with Crippen LogP contribution in [0.4, 0.5) is 0 Å². The van der Waals surface area contributed by atoms with Crippen LogP contribution in [0.15, 0.2) is 0 Å². The van der Waals surface area contributed by atoms with E-state index in [2.05, 4.69) is 5.32 Å². The number of carboxylic acid groups (broad SMARTS) is 1. The lowest BCUT2D eigenvalue weighted by Crippen LogP contribution is -2.24. The maximum absolute atomic E-state index is 10.2. The van der Waals surface area contributed by atoms with Crippen LogP contribution in [0.25, 0.3) is 0 Å². The van der Waals surface area contributed by atoms with Crippen LogP contribution in [0.3, 0.4) is 0 Å². The third-order valence-electron chi connectivity index (χ3n) is 3.06. The third kappa shape index (κ3) is 5.74. The standard InChI is InChI=1S/C11H21NO3/c13-10-3-1-9(2-4-10)5-7-12-8-6-11(14)15/h9-10,12-13H,1-8H2,(H,14,15). The second kappa shape index (κ2) is 6.80. The van der Waals surface area contributed by atoms with Gasteiger partial charge < -0.3 is 15.5 Å². The lowest BCUT2D eigenvalue weighted by Gasteiger charge is -2.25. The fourth-order valence-corrected chi connectivity index (χ4v) is 2.06. The van der Waals surface area contributed by atoms with Gasteiger partial charge >= 0.3 is 5.97 Å². The normalized spacial score (nSPS) is 26.5. The SMILES string of the molecule is O=C(O)CCNCCC1CCC(O)CC1. The number of hydrogen-bond acceptors (Lipinski definition) is 3. The molecule has 0 bridgehead atoms. The molecule has 0 aliphatic heterocycles. The lowest BCUT2D eigenvalue weighted by molar-refractivity contribution is -0.136. The van der Waals surface area contributed by atoms with Crippen LogP contribution in [0.5, 0.6) is 0 Å². The number of hydrogen-bond donors (Lipinski definition) is 3. The van der Waals surface area contributed by atoms with Gasteiger partial charge in [0.15, 0.2) is 0 Å². The van der Waals surface area contributed by atoms with Crippen molar-refractivity contribution in [2.45, 2.75) is 44.6 Å². The van der Waals surface area contributed by atoms with Crippen molar-refractivity contribution < 1.29 is 15.0 Å². The van der Waals surface area contributed by atoms with Crippen LogP contribution < -0.4 is 5.32 Å². The van der Waals surface area contributed by atoms with Gasteiger partial charge in [-0.3, -0.25) is 4.79 Å². The van der Waals surface area contributed by atoms with Crippen molar-refractivity contribution in [2.75, 3.05) is 13.1 Å². The summed E-state index contributed by atoms with van der Waals surface area (Å²) in [5.41, 5.74) is 0. The van der Waals surface area contributed by atoms with E-state index in [4.69, 9.17) is 5.11 Å². The molecule has 0 aromatic heterocycles. The number of carboxylic acids is 1. The topological polar surface area (TPSA) is 69.6 Å². The van der Waals surface area contributed by atoms with Crippen molar-refractivity contribution in [3.8, 4) is 0 Å². The molecule has 0 atom stereocenters. The number of carbonyl (C=O) groups is 1. The van der Waals surface area contributed by atoms with Crippen LogP contribution in [0, 0.1) is 5.92 Å². The first-order valence-electron chi connectivity index (χ1n) is 5.79. The van der Waals surface area contributed by atoms with E-state index in [0.29, 0.717) is 12.5 Å². The number of rotatable bonds is 6. The Morgan fingerprint density at radius 2 is 1.87 bits per heavy atom. The summed E-state index contributed by atoms with van der Waals surface area (Å²) in [5.74, 6) is -0.0333. The largest absolute Gasteiger partial charge is 0.481 e. The van der Waals surface area contributed by atoms with E-state index in [9.17, 15) is 9.90 Å². The van der Waals surface area contributed by atoms with Gasteiger partial charge in [0.05, 0.1) is 12.5 Å². The molecule has 0 aromatic carbocycles. The van der Waals surface area contributed by atoms with Crippen molar-refractivity contribution in [3.05, 3.63) is 0 Å². The Kier molecular flexibility index (Phi) is 5.65. The molecule has 0 spiro atoms. The molecule has 0 unspecified atom stereocenters. The van der Waals surface area contributed by atoms with Crippen molar-refractivity contribution in [3.63, 3.8) is 0 Å². The van der Waals surface area contributed by atoms with Crippen molar-refractivity contribution in [2.24, 2.45) is 5.92 Å². The van der Waals surface area contributed by atoms with Crippen molar-refractivity contribution >= 4 is 5.97 Å². The summed E-state index contributed by atoms with van der Waals surface area (Å²) in [6.45, 7) is 1.46. The lowest BCUT2D eigenvalue weighted by atomic mass is 9.85. The average Bonchev–Trinajstić information content (AvgIpc) is 2.20. The molecule has 0 aromatic rings. The summed E-state index contributed by atoms with van der Waals surface area (Å²) >= 11 is 0. The van der Waals surface area contributed by atoms with Crippen molar-refractivity contribution in [1.82, 2.24) is 5.32 Å². The molecule has 88 valence electrons. The Hall–Kier alpha value is -0.610. The molecule has 0 amide bonds. The molecule has 4 heteroatoms. The number of nitrogens with one attached hydrogen (secondary N) is 1. The molecule has 0 saturated heterocycles. The Morgan fingerprint density at radius 1 is 1.20 bits per heavy atom. The predicted molar refractivity (Wildman–Crippen MR) is 57.7 cm³/mol. The molecule has 1 saturated carbocycles. The molecule has 1 fully saturated rings. The van der Waals surface area contributed by atoms with Gasteiger partial charge in [-0.15, -0.1) is 0 Å². The number of aliphatic carboxylic acids is 1. The molecule has 1 rings (SSSR count). The van der Waals surface area contributed by atoms with Crippen molar-refractivity contribution in [1.29, 1.82) is 0 Å². The highest BCUT2D eigenvalue weighted by Gasteiger charge is 2.18. The molecule has 0 heterocycles. The van der Waals surface area contributed by atoms with Crippen LogP contribution >= 0.6 is 0 Å². The van der Waals surface area contributed by atoms with Crippen LogP contribution in [0.2, 0.25) is 0 Å². The second-order valence-electron chi connectivity index (χ2n) is 4.36. The third-order valence-corrected chi connectivity index (χ3v) is 3.06. The van der Waals surface area contributed by atoms with Gasteiger partial charge in [-0.25, -0.2) is 0 Å². The Balaban J connectivity index is 1.94. The van der Waals surface area contributed by atoms with E-state index < -0.39 is 5.97 Å². The maximum Gasteiger partial charge on any atom is 0.304 e. The minimum Gasteiger partial charge on any atom is -0.481 e. The van der Waals surface area contributed by atoms with E-state index in [0.717, 1.165) is 38.6 Å². The van der Waals surface area contributed by atoms with Crippen LogP contribution in [-0.2, 0) is 4.79 Å². The summed E-state index contributed by atoms with van der Waals surface area (Å²) in [5, 5.41) is 20.9. The van der Waals surface area contributed by atoms with Gasteiger partial charge in [0.1, 0.15) is 0 Å². The zero-order chi connectivity index (χ0) is 11.1. The highest BCUT2D eigenvalue weighted by Crippen LogP contribution is 2.26. The molecule has 1 aliphatic carbocycles. The van der Waals surface area contributed by atoms with Crippen LogP contribution in [-0.4, -0.2) is 35.4 Å². The zero-order valence-electron chi connectivity index (χ0n) is 9.11. The summed E-state index contributed by atoms with van der Waals surface area (Å²) in [4.78, 5) is 10.2. The molecular weight excluding hydrogens is 194 g/mol. The molecule has 4 nitrogen and oxygen atoms in total. The van der Waals surface area contributed by atoms with E-state index >= 15 is 0 Å². The van der Waals surface area contributed by atoms with E-state index in [1.807, 2.05) is 0 Å². The quantitative estimate of drug-likeness (QED) is 0.578. The molecule has 1 aliphatic rings. The van der Waals surface area contributed by atoms with E-state index in [1.54, 1.807) is 0 Å². The Bertz CT molecular complexity index is 188. The van der Waals surface area contributed by atoms with Gasteiger partial charge in [0.2, 0.25) is 0 Å². The molecule has 3 N–H and O–H groups in total. The highest BCUT2D eigenvalue weighted by atomic mass is 16.4. The van der Waals surface area contributed by atoms with Gasteiger partial charge in [-0.1, -0.05) is 0 Å². The molecule has 0 radical (unpaired) electrons. The zero-order valence-corrected chi connectivity index (χ0v) is 9.11. The minimum atomic E-state index is -0.747. The summed E-state index contributed by atoms with van der Waals surface area (Å²) < 4.78 is 0. The fourth-order valence-electron chi connectivity index (χ4n) is 2.06. The predicted octanol–water partition coefficient (Wildman–Crippen LogP) is 0.992. The van der Waals surface area contributed by atoms with Gasteiger partial charge in [0, 0.05) is 6.54 Å². The maximum atomic E-state index is 10.2. The first kappa shape index (κ1) is 12.5. The second-order valence-corrected chi connectivity index (χ2v) is 4.36. The van der Waals surface area contributed by atoms with Crippen LogP contribution in [0.1, 0.15) is 38.5 Å². The minimum absolute atomic E-state index is 0.0822. The van der Waals surface area contributed by atoms with Gasteiger partial charge in [-0.05, 0) is 44.6 Å². The highest BCUT2D eigenvalue weighted by molar-refractivity contribution is 5.66. The first-order chi connectivity index (χ1) is 7.18. The van der Waals surface area contributed by atoms with E-state index in [-0.39, 0.29) is 12.5 Å². The summed E-state index contributed by atoms with van der Waals surface area (Å²) in [6.07, 6.45) is 5.31. The summed E-state index contributed by atoms with van der Waals surface area (Å²) in [7, 11) is 0.